The monoisotopic (exact) mass is 199 g/mol. The van der Waals surface area contributed by atoms with Gasteiger partial charge in [0.05, 0.1) is 12.7 Å². The highest BCUT2D eigenvalue weighted by Gasteiger charge is 2.38. The van der Waals surface area contributed by atoms with Gasteiger partial charge in [-0.3, -0.25) is 0 Å². The first-order chi connectivity index (χ1) is 6.00. The van der Waals surface area contributed by atoms with Crippen LogP contribution in [0.4, 0.5) is 13.2 Å². The molecule has 13 heavy (non-hydrogen) atoms. The number of ether oxygens (including phenoxy) is 1. The molecule has 0 aromatic rings. The van der Waals surface area contributed by atoms with Crippen molar-refractivity contribution in [3.63, 3.8) is 0 Å². The highest BCUT2D eigenvalue weighted by molar-refractivity contribution is 4.72. The molecule has 0 aromatic heterocycles. The number of aliphatic hydroxyl groups excluding tert-OH is 1. The van der Waals surface area contributed by atoms with Crippen LogP contribution < -0.4 is 5.32 Å². The van der Waals surface area contributed by atoms with E-state index in [9.17, 15) is 13.2 Å². The van der Waals surface area contributed by atoms with Gasteiger partial charge >= 0.3 is 6.18 Å². The van der Waals surface area contributed by atoms with E-state index < -0.39 is 18.9 Å². The summed E-state index contributed by atoms with van der Waals surface area (Å²) >= 11 is 0. The van der Waals surface area contributed by atoms with Crippen molar-refractivity contribution < 1.29 is 23.0 Å². The Morgan fingerprint density at radius 2 is 2.23 bits per heavy atom. The molecule has 1 aliphatic rings. The van der Waals surface area contributed by atoms with E-state index in [0.717, 1.165) is 6.54 Å². The Bertz CT molecular complexity index is 156. The Morgan fingerprint density at radius 1 is 1.54 bits per heavy atom. The SMILES string of the molecule is OC(COC1CCNC1)C(F)(F)F. The van der Waals surface area contributed by atoms with Gasteiger partial charge in [0, 0.05) is 6.54 Å². The van der Waals surface area contributed by atoms with E-state index in [1.807, 2.05) is 0 Å². The minimum Gasteiger partial charge on any atom is -0.382 e. The molecule has 1 aliphatic heterocycles. The van der Waals surface area contributed by atoms with Crippen LogP contribution in [-0.4, -0.2) is 43.2 Å². The minimum absolute atomic E-state index is 0.197. The maximum absolute atomic E-state index is 11.8. The predicted molar refractivity (Wildman–Crippen MR) is 39.3 cm³/mol. The summed E-state index contributed by atoms with van der Waals surface area (Å²) in [4.78, 5) is 0. The highest BCUT2D eigenvalue weighted by Crippen LogP contribution is 2.20. The van der Waals surface area contributed by atoms with Gasteiger partial charge in [-0.05, 0) is 13.0 Å². The van der Waals surface area contributed by atoms with Crippen molar-refractivity contribution in [1.82, 2.24) is 5.32 Å². The van der Waals surface area contributed by atoms with Crippen LogP contribution in [-0.2, 0) is 4.74 Å². The largest absolute Gasteiger partial charge is 0.416 e. The summed E-state index contributed by atoms with van der Waals surface area (Å²) in [5.74, 6) is 0. The average Bonchev–Trinajstić information content (AvgIpc) is 2.50. The van der Waals surface area contributed by atoms with E-state index in [1.165, 1.54) is 0 Å². The van der Waals surface area contributed by atoms with E-state index in [1.54, 1.807) is 0 Å². The molecule has 0 spiro atoms. The first kappa shape index (κ1) is 10.7. The molecule has 1 fully saturated rings. The summed E-state index contributed by atoms with van der Waals surface area (Å²) in [5.41, 5.74) is 0. The molecule has 0 aliphatic carbocycles. The predicted octanol–water partition coefficient (Wildman–Crippen LogP) is 0.288. The van der Waals surface area contributed by atoms with Crippen molar-refractivity contribution >= 4 is 0 Å². The topological polar surface area (TPSA) is 41.5 Å². The van der Waals surface area contributed by atoms with Gasteiger partial charge in [-0.1, -0.05) is 0 Å². The van der Waals surface area contributed by atoms with Gasteiger partial charge < -0.3 is 15.2 Å². The molecule has 2 unspecified atom stereocenters. The third-order valence-corrected chi connectivity index (χ3v) is 1.88. The quantitative estimate of drug-likeness (QED) is 0.686. The molecular weight excluding hydrogens is 187 g/mol. The van der Waals surface area contributed by atoms with Gasteiger partial charge in [0.2, 0.25) is 0 Å². The summed E-state index contributed by atoms with van der Waals surface area (Å²) in [7, 11) is 0. The Morgan fingerprint density at radius 3 is 2.69 bits per heavy atom. The molecule has 1 heterocycles. The van der Waals surface area contributed by atoms with E-state index in [-0.39, 0.29) is 6.10 Å². The zero-order chi connectivity index (χ0) is 9.90. The van der Waals surface area contributed by atoms with Gasteiger partial charge in [0.25, 0.3) is 0 Å². The lowest BCUT2D eigenvalue weighted by molar-refractivity contribution is -0.220. The van der Waals surface area contributed by atoms with E-state index in [2.05, 4.69) is 5.32 Å². The first-order valence-corrected chi connectivity index (χ1v) is 4.07. The van der Waals surface area contributed by atoms with E-state index in [0.29, 0.717) is 13.0 Å². The molecule has 2 atom stereocenters. The molecule has 0 aromatic carbocycles. The Hall–Kier alpha value is -0.330. The second-order valence-electron chi connectivity index (χ2n) is 3.01. The standard InChI is InChI=1S/C7H12F3NO2/c8-7(9,10)6(12)4-13-5-1-2-11-3-5/h5-6,11-12H,1-4H2. The van der Waals surface area contributed by atoms with Crippen LogP contribution in [0.5, 0.6) is 0 Å². The van der Waals surface area contributed by atoms with Crippen molar-refractivity contribution in [3.8, 4) is 0 Å². The number of nitrogens with one attached hydrogen (secondary N) is 1. The van der Waals surface area contributed by atoms with Crippen LogP contribution >= 0.6 is 0 Å². The number of aliphatic hydroxyl groups is 1. The van der Waals surface area contributed by atoms with Crippen LogP contribution in [0.25, 0.3) is 0 Å². The van der Waals surface area contributed by atoms with Crippen molar-refractivity contribution in [2.24, 2.45) is 0 Å². The molecule has 0 bridgehead atoms. The molecule has 1 rings (SSSR count). The third kappa shape index (κ3) is 3.50. The van der Waals surface area contributed by atoms with Gasteiger partial charge in [-0.15, -0.1) is 0 Å². The molecule has 3 nitrogen and oxygen atoms in total. The normalized spacial score (nSPS) is 26.3. The molecule has 1 saturated heterocycles. The smallest absolute Gasteiger partial charge is 0.382 e. The van der Waals surface area contributed by atoms with Crippen LogP contribution in [0.3, 0.4) is 0 Å². The zero-order valence-electron chi connectivity index (χ0n) is 6.97. The Kier molecular flexibility index (Phi) is 3.52. The van der Waals surface area contributed by atoms with Gasteiger partial charge in [0.1, 0.15) is 0 Å². The van der Waals surface area contributed by atoms with Crippen LogP contribution in [0.1, 0.15) is 6.42 Å². The fraction of sp³-hybridized carbons (Fsp3) is 1.00. The molecule has 2 N–H and O–H groups in total. The summed E-state index contributed by atoms with van der Waals surface area (Å²) < 4.78 is 40.2. The molecule has 0 saturated carbocycles. The maximum Gasteiger partial charge on any atom is 0.416 e. The molecule has 0 radical (unpaired) electrons. The summed E-state index contributed by atoms with van der Waals surface area (Å²) in [5, 5.41) is 11.5. The van der Waals surface area contributed by atoms with Crippen LogP contribution in [0, 0.1) is 0 Å². The molecule has 78 valence electrons. The second-order valence-corrected chi connectivity index (χ2v) is 3.01. The second kappa shape index (κ2) is 4.26. The lowest BCUT2D eigenvalue weighted by atomic mass is 10.3. The number of hydrogen-bond donors (Lipinski definition) is 2. The van der Waals surface area contributed by atoms with Crippen LogP contribution in [0.15, 0.2) is 0 Å². The van der Waals surface area contributed by atoms with Crippen LogP contribution in [0.2, 0.25) is 0 Å². The molecule has 6 heteroatoms. The summed E-state index contributed by atoms with van der Waals surface area (Å²) in [6.07, 6.45) is -6.44. The average molecular weight is 199 g/mol. The lowest BCUT2D eigenvalue weighted by Crippen LogP contribution is -2.35. The summed E-state index contributed by atoms with van der Waals surface area (Å²) in [6.45, 7) is 0.646. The lowest BCUT2D eigenvalue weighted by Gasteiger charge is -2.17. The number of hydrogen-bond acceptors (Lipinski definition) is 3. The molecule has 0 amide bonds. The van der Waals surface area contributed by atoms with Gasteiger partial charge in [-0.2, -0.15) is 13.2 Å². The number of rotatable bonds is 3. The fourth-order valence-corrected chi connectivity index (χ4v) is 1.09. The number of alkyl halides is 3. The minimum atomic E-state index is -4.58. The Balaban J connectivity index is 2.17. The summed E-state index contributed by atoms with van der Waals surface area (Å²) in [6, 6.07) is 0. The maximum atomic E-state index is 11.8. The van der Waals surface area contributed by atoms with E-state index in [4.69, 9.17) is 9.84 Å². The first-order valence-electron chi connectivity index (χ1n) is 4.07. The van der Waals surface area contributed by atoms with Gasteiger partial charge in [-0.25, -0.2) is 0 Å². The molecular formula is C7H12F3NO2. The van der Waals surface area contributed by atoms with Crippen molar-refractivity contribution in [2.45, 2.75) is 24.8 Å². The zero-order valence-corrected chi connectivity index (χ0v) is 6.97. The van der Waals surface area contributed by atoms with Crippen molar-refractivity contribution in [2.75, 3.05) is 19.7 Å². The highest BCUT2D eigenvalue weighted by atomic mass is 19.4. The fourth-order valence-electron chi connectivity index (χ4n) is 1.09. The van der Waals surface area contributed by atoms with E-state index >= 15 is 0 Å². The third-order valence-electron chi connectivity index (χ3n) is 1.88. The van der Waals surface area contributed by atoms with Crippen molar-refractivity contribution in [3.05, 3.63) is 0 Å². The van der Waals surface area contributed by atoms with Gasteiger partial charge in [0.15, 0.2) is 6.10 Å². The Labute approximate surface area is 73.9 Å². The van der Waals surface area contributed by atoms with Crippen molar-refractivity contribution in [1.29, 1.82) is 0 Å². The number of halogens is 3.